The Labute approximate surface area is 80.9 Å². The quantitative estimate of drug-likeness (QED) is 0.606. The third-order valence-corrected chi connectivity index (χ3v) is 2.16. The van der Waals surface area contributed by atoms with Crippen LogP contribution in [-0.2, 0) is 0 Å². The summed E-state index contributed by atoms with van der Waals surface area (Å²) in [4.78, 5) is 11.0. The zero-order valence-corrected chi connectivity index (χ0v) is 7.84. The van der Waals surface area contributed by atoms with Gasteiger partial charge in [-0.1, -0.05) is 0 Å². The Morgan fingerprint density at radius 1 is 1.43 bits per heavy atom. The van der Waals surface area contributed by atoms with Crippen LogP contribution in [0.2, 0.25) is 0 Å². The highest BCUT2D eigenvalue weighted by Crippen LogP contribution is 2.14. The van der Waals surface area contributed by atoms with E-state index in [1.54, 1.807) is 6.92 Å². The molecule has 78 valence electrons. The molecule has 14 heavy (non-hydrogen) atoms. The molecule has 5 heteroatoms. The molecule has 0 aliphatic rings. The van der Waals surface area contributed by atoms with E-state index in [9.17, 15) is 9.90 Å². The van der Waals surface area contributed by atoms with Gasteiger partial charge >= 0.3 is 0 Å². The van der Waals surface area contributed by atoms with Gasteiger partial charge in [-0.2, -0.15) is 0 Å². The van der Waals surface area contributed by atoms with E-state index in [4.69, 9.17) is 10.2 Å². The Kier molecular flexibility index (Phi) is 3.27. The molecule has 3 N–H and O–H groups in total. The van der Waals surface area contributed by atoms with Crippen LogP contribution in [0.25, 0.3) is 0 Å². The smallest absolute Gasteiger partial charge is 0.223 e. The lowest BCUT2D eigenvalue weighted by Crippen LogP contribution is -2.21. The van der Waals surface area contributed by atoms with Crippen LogP contribution in [0.4, 0.5) is 0 Å². The van der Waals surface area contributed by atoms with E-state index in [-0.39, 0.29) is 19.0 Å². The topological polar surface area (TPSA) is 82.7 Å². The highest BCUT2D eigenvalue weighted by molar-refractivity contribution is 5.25. The second-order valence-electron chi connectivity index (χ2n) is 3.04. The second-order valence-corrected chi connectivity index (χ2v) is 3.04. The molecule has 0 aliphatic heterocycles. The van der Waals surface area contributed by atoms with E-state index in [2.05, 4.69) is 0 Å². The van der Waals surface area contributed by atoms with Crippen LogP contribution in [-0.4, -0.2) is 33.1 Å². The van der Waals surface area contributed by atoms with E-state index in [0.717, 1.165) is 0 Å². The minimum Gasteiger partial charge on any atom is -0.503 e. The van der Waals surface area contributed by atoms with Crippen LogP contribution in [0.3, 0.4) is 0 Å². The lowest BCUT2D eigenvalue weighted by Gasteiger charge is -2.18. The molecule has 5 nitrogen and oxygen atoms in total. The van der Waals surface area contributed by atoms with Crippen molar-refractivity contribution in [3.8, 4) is 5.75 Å². The van der Waals surface area contributed by atoms with Crippen LogP contribution in [0.5, 0.6) is 5.75 Å². The molecule has 1 heterocycles. The van der Waals surface area contributed by atoms with Gasteiger partial charge in [0.15, 0.2) is 5.75 Å². The van der Waals surface area contributed by atoms with Crippen LogP contribution in [0, 0.1) is 6.92 Å². The molecule has 0 unspecified atom stereocenters. The molecule has 1 aromatic rings. The first-order valence-electron chi connectivity index (χ1n) is 4.24. The van der Waals surface area contributed by atoms with Gasteiger partial charge in [-0.05, 0) is 6.92 Å². The maximum absolute atomic E-state index is 11.0. The highest BCUT2D eigenvalue weighted by Gasteiger charge is 2.12. The van der Waals surface area contributed by atoms with Gasteiger partial charge in [0.05, 0.1) is 24.9 Å². The van der Waals surface area contributed by atoms with Gasteiger partial charge in [0.2, 0.25) is 5.43 Å². The Morgan fingerprint density at radius 2 is 2.00 bits per heavy atom. The molecule has 0 aliphatic carbocycles. The van der Waals surface area contributed by atoms with Crippen molar-refractivity contribution in [3.63, 3.8) is 0 Å². The second kappa shape index (κ2) is 4.26. The Hall–Kier alpha value is -1.33. The third-order valence-electron chi connectivity index (χ3n) is 2.16. The minimum atomic E-state index is -0.526. The number of aromatic hydroxyl groups is 1. The number of hydrogen-bond donors (Lipinski definition) is 3. The van der Waals surface area contributed by atoms with Crippen LogP contribution in [0.15, 0.2) is 17.1 Å². The number of aliphatic hydroxyl groups is 2. The number of rotatable bonds is 3. The molecule has 0 saturated heterocycles. The van der Waals surface area contributed by atoms with E-state index in [0.29, 0.717) is 5.69 Å². The van der Waals surface area contributed by atoms with Crippen molar-refractivity contribution in [2.24, 2.45) is 0 Å². The van der Waals surface area contributed by atoms with Gasteiger partial charge < -0.3 is 19.9 Å². The van der Waals surface area contributed by atoms with Crippen molar-refractivity contribution < 1.29 is 15.3 Å². The molecule has 0 radical (unpaired) electrons. The normalized spacial score (nSPS) is 10.9. The van der Waals surface area contributed by atoms with Crippen molar-refractivity contribution in [3.05, 3.63) is 28.2 Å². The Balaban J connectivity index is 3.22. The molecule has 0 saturated carbocycles. The molecule has 1 rings (SSSR count). The molecule has 0 bridgehead atoms. The molecule has 0 amide bonds. The van der Waals surface area contributed by atoms with E-state index in [1.165, 1.54) is 16.8 Å². The summed E-state index contributed by atoms with van der Waals surface area (Å²) in [7, 11) is 0. The summed E-state index contributed by atoms with van der Waals surface area (Å²) in [5, 5.41) is 27.2. The summed E-state index contributed by atoms with van der Waals surface area (Å²) >= 11 is 0. The lowest BCUT2D eigenvalue weighted by atomic mass is 10.2. The summed E-state index contributed by atoms with van der Waals surface area (Å²) in [6.07, 6.45) is 1.44. The van der Waals surface area contributed by atoms with Gasteiger partial charge in [-0.25, -0.2) is 0 Å². The molecular weight excluding hydrogens is 186 g/mol. The van der Waals surface area contributed by atoms with Crippen molar-refractivity contribution in [2.75, 3.05) is 13.2 Å². The summed E-state index contributed by atoms with van der Waals surface area (Å²) in [5.74, 6) is -0.348. The largest absolute Gasteiger partial charge is 0.503 e. The van der Waals surface area contributed by atoms with Crippen LogP contribution >= 0.6 is 0 Å². The Bertz CT molecular complexity index is 368. The average Bonchev–Trinajstić information content (AvgIpc) is 2.19. The maximum Gasteiger partial charge on any atom is 0.223 e. The van der Waals surface area contributed by atoms with Gasteiger partial charge in [-0.15, -0.1) is 0 Å². The average molecular weight is 199 g/mol. The summed E-state index contributed by atoms with van der Waals surface area (Å²) in [6, 6.07) is 0.669. The van der Waals surface area contributed by atoms with Crippen molar-refractivity contribution in [1.82, 2.24) is 4.57 Å². The monoisotopic (exact) mass is 199 g/mol. The molecule has 0 atom stereocenters. The summed E-state index contributed by atoms with van der Waals surface area (Å²) < 4.78 is 1.47. The van der Waals surface area contributed by atoms with Gasteiger partial charge in [0.25, 0.3) is 0 Å². The predicted octanol–water partition coefficient (Wildman–Crippen LogP) is -0.612. The summed E-state index contributed by atoms with van der Waals surface area (Å²) in [6.45, 7) is 1.05. The predicted molar refractivity (Wildman–Crippen MR) is 50.3 cm³/mol. The fourth-order valence-electron chi connectivity index (χ4n) is 1.27. The zero-order chi connectivity index (χ0) is 10.7. The summed E-state index contributed by atoms with van der Waals surface area (Å²) in [5.41, 5.74) is -0.126. The Morgan fingerprint density at radius 3 is 2.50 bits per heavy atom. The number of aliphatic hydroxyl groups excluding tert-OH is 2. The van der Waals surface area contributed by atoms with Gasteiger partial charge in [0, 0.05) is 12.3 Å². The number of aromatic nitrogens is 1. The highest BCUT2D eigenvalue weighted by atomic mass is 16.3. The van der Waals surface area contributed by atoms with E-state index >= 15 is 0 Å². The molecule has 0 aromatic carbocycles. The number of pyridine rings is 1. The first-order valence-corrected chi connectivity index (χ1v) is 4.24. The molecular formula is C9H13NO4. The molecule has 0 fully saturated rings. The zero-order valence-electron chi connectivity index (χ0n) is 7.84. The van der Waals surface area contributed by atoms with Crippen molar-refractivity contribution in [1.29, 1.82) is 0 Å². The van der Waals surface area contributed by atoms with Crippen molar-refractivity contribution in [2.45, 2.75) is 13.0 Å². The van der Waals surface area contributed by atoms with Crippen LogP contribution < -0.4 is 5.43 Å². The fourth-order valence-corrected chi connectivity index (χ4v) is 1.27. The van der Waals surface area contributed by atoms with Crippen molar-refractivity contribution >= 4 is 0 Å². The standard InChI is InChI=1S/C9H13NO4/c1-6-9(14)8(13)2-3-10(6)7(4-11)5-12/h2-3,7,11-12,14H,4-5H2,1H3. The van der Waals surface area contributed by atoms with Crippen LogP contribution in [0.1, 0.15) is 11.7 Å². The van der Waals surface area contributed by atoms with E-state index < -0.39 is 11.5 Å². The SMILES string of the molecule is Cc1c(O)c(=O)ccn1C(CO)CO. The first-order chi connectivity index (χ1) is 6.61. The fraction of sp³-hybridized carbons (Fsp3) is 0.444. The maximum atomic E-state index is 11.0. The minimum absolute atomic E-state index is 0.250. The first kappa shape index (κ1) is 10.7. The number of hydrogen-bond acceptors (Lipinski definition) is 4. The third kappa shape index (κ3) is 1.78. The van der Waals surface area contributed by atoms with Gasteiger partial charge in [-0.3, -0.25) is 4.79 Å². The molecule has 1 aromatic heterocycles. The molecule has 0 spiro atoms. The lowest BCUT2D eigenvalue weighted by molar-refractivity contribution is 0.152. The van der Waals surface area contributed by atoms with Gasteiger partial charge in [0.1, 0.15) is 0 Å². The number of nitrogens with zero attached hydrogens (tertiary/aromatic N) is 1. The van der Waals surface area contributed by atoms with E-state index in [1.807, 2.05) is 0 Å².